The van der Waals surface area contributed by atoms with Crippen molar-refractivity contribution >= 4 is 38.0 Å². The Hall–Kier alpha value is -3.87. The first-order valence-corrected chi connectivity index (χ1v) is 12.9. The molecule has 35 heavy (non-hydrogen) atoms. The monoisotopic (exact) mass is 509 g/mol. The molecule has 0 amide bonds. The van der Waals surface area contributed by atoms with Crippen LogP contribution < -0.4 is 15.8 Å². The molecule has 0 radical (unpaired) electrons. The van der Waals surface area contributed by atoms with Gasteiger partial charge in [0.1, 0.15) is 11.5 Å². The summed E-state index contributed by atoms with van der Waals surface area (Å²) in [5.74, 6) is -0.161. The number of sulfonamides is 1. The molecule has 5 rings (SSSR count). The Morgan fingerprint density at radius 1 is 1.06 bits per heavy atom. The van der Waals surface area contributed by atoms with E-state index in [9.17, 15) is 12.8 Å². The van der Waals surface area contributed by atoms with E-state index in [4.69, 9.17) is 10.7 Å². The van der Waals surface area contributed by atoms with E-state index in [-0.39, 0.29) is 18.0 Å². The van der Waals surface area contributed by atoms with Crippen LogP contribution in [0.4, 0.5) is 16.0 Å². The van der Waals surface area contributed by atoms with Crippen LogP contribution in [0, 0.1) is 5.82 Å². The number of imidazole rings is 1. The Labute approximate surface area is 204 Å². The van der Waals surface area contributed by atoms with Crippen molar-refractivity contribution in [3.05, 3.63) is 78.2 Å². The molecule has 0 aliphatic rings. The molecule has 9 nitrogen and oxygen atoms in total. The maximum absolute atomic E-state index is 13.1. The highest BCUT2D eigenvalue weighted by Crippen LogP contribution is 2.34. The number of anilines is 2. The van der Waals surface area contributed by atoms with Crippen LogP contribution in [-0.2, 0) is 10.0 Å². The second-order valence-corrected chi connectivity index (χ2v) is 10.2. The molecule has 3 aromatic heterocycles. The predicted molar refractivity (Wildman–Crippen MR) is 134 cm³/mol. The van der Waals surface area contributed by atoms with Crippen molar-refractivity contribution in [2.24, 2.45) is 0 Å². The highest BCUT2D eigenvalue weighted by atomic mass is 32.2. The second kappa shape index (κ2) is 9.41. The molecule has 0 aliphatic heterocycles. The average Bonchev–Trinajstić information content (AvgIpc) is 3.44. The summed E-state index contributed by atoms with van der Waals surface area (Å²) in [5, 5.41) is 4.98. The summed E-state index contributed by atoms with van der Waals surface area (Å²) < 4.78 is 42.2. The molecule has 0 saturated carbocycles. The highest BCUT2D eigenvalue weighted by Gasteiger charge is 2.19. The van der Waals surface area contributed by atoms with E-state index >= 15 is 0 Å². The largest absolute Gasteiger partial charge is 0.399 e. The van der Waals surface area contributed by atoms with Gasteiger partial charge in [-0.2, -0.15) is 0 Å². The zero-order chi connectivity index (χ0) is 24.4. The average molecular weight is 510 g/mol. The fourth-order valence-electron chi connectivity index (χ4n) is 3.55. The zero-order valence-electron chi connectivity index (χ0n) is 18.2. The summed E-state index contributed by atoms with van der Waals surface area (Å²) in [6.45, 7) is 0.329. The van der Waals surface area contributed by atoms with Crippen LogP contribution in [0.3, 0.4) is 0 Å². The van der Waals surface area contributed by atoms with Crippen molar-refractivity contribution in [3.63, 3.8) is 0 Å². The summed E-state index contributed by atoms with van der Waals surface area (Å²) in [6, 6.07) is 13.9. The molecule has 2 aromatic carbocycles. The molecule has 5 aromatic rings. The Kier molecular flexibility index (Phi) is 6.16. The minimum Gasteiger partial charge on any atom is -0.399 e. The van der Waals surface area contributed by atoms with Crippen LogP contribution in [0.5, 0.6) is 0 Å². The van der Waals surface area contributed by atoms with Gasteiger partial charge in [0.05, 0.1) is 16.3 Å². The van der Waals surface area contributed by atoms with Gasteiger partial charge in [-0.1, -0.05) is 12.1 Å². The molecule has 3 heterocycles. The van der Waals surface area contributed by atoms with Crippen LogP contribution in [0.15, 0.2) is 77.3 Å². The van der Waals surface area contributed by atoms with Crippen molar-refractivity contribution in [1.29, 1.82) is 0 Å². The minimum atomic E-state index is -3.75. The summed E-state index contributed by atoms with van der Waals surface area (Å²) in [6.07, 6.45) is 3.56. The Morgan fingerprint density at radius 2 is 1.89 bits per heavy atom. The quantitative estimate of drug-likeness (QED) is 0.215. The lowest BCUT2D eigenvalue weighted by Crippen LogP contribution is -2.29. The van der Waals surface area contributed by atoms with Gasteiger partial charge < -0.3 is 11.1 Å². The minimum absolute atomic E-state index is 0.00765. The predicted octanol–water partition coefficient (Wildman–Crippen LogP) is 3.63. The molecule has 0 unspecified atom stereocenters. The van der Waals surface area contributed by atoms with E-state index in [1.165, 1.54) is 23.5 Å². The number of hydrogen-bond acceptors (Lipinski definition) is 8. The SMILES string of the molecule is Nc1cccc(-c2nc3sccn3c2-c2ccnc(NCCNS(=O)(=O)c3ccc(F)cc3)n2)c1. The maximum atomic E-state index is 13.1. The highest BCUT2D eigenvalue weighted by molar-refractivity contribution is 7.89. The van der Waals surface area contributed by atoms with Gasteiger partial charge in [0.2, 0.25) is 16.0 Å². The van der Waals surface area contributed by atoms with Crippen LogP contribution in [0.2, 0.25) is 0 Å². The van der Waals surface area contributed by atoms with Gasteiger partial charge >= 0.3 is 0 Å². The molecular weight excluding hydrogens is 489 g/mol. The lowest BCUT2D eigenvalue weighted by Gasteiger charge is -2.09. The number of thiazole rings is 1. The van der Waals surface area contributed by atoms with Crippen LogP contribution in [0.1, 0.15) is 0 Å². The molecule has 0 atom stereocenters. The van der Waals surface area contributed by atoms with Crippen LogP contribution in [0.25, 0.3) is 27.6 Å². The van der Waals surface area contributed by atoms with Crippen LogP contribution >= 0.6 is 11.3 Å². The number of rotatable bonds is 8. The molecule has 0 saturated heterocycles. The Balaban J connectivity index is 1.34. The topological polar surface area (TPSA) is 127 Å². The lowest BCUT2D eigenvalue weighted by molar-refractivity contribution is 0.582. The molecule has 12 heteroatoms. The second-order valence-electron chi connectivity index (χ2n) is 7.53. The third-order valence-electron chi connectivity index (χ3n) is 5.14. The van der Waals surface area contributed by atoms with E-state index < -0.39 is 15.8 Å². The number of hydrogen-bond donors (Lipinski definition) is 3. The lowest BCUT2D eigenvalue weighted by atomic mass is 10.1. The molecule has 0 fully saturated rings. The number of benzene rings is 2. The molecule has 0 aliphatic carbocycles. The van der Waals surface area contributed by atoms with Gasteiger partial charge in [-0.25, -0.2) is 32.5 Å². The van der Waals surface area contributed by atoms with Crippen molar-refractivity contribution in [2.75, 3.05) is 24.1 Å². The van der Waals surface area contributed by atoms with Crippen LogP contribution in [-0.4, -0.2) is 40.9 Å². The van der Waals surface area contributed by atoms with Crippen molar-refractivity contribution in [3.8, 4) is 22.6 Å². The normalized spacial score (nSPS) is 11.7. The van der Waals surface area contributed by atoms with E-state index in [1.54, 1.807) is 12.3 Å². The summed E-state index contributed by atoms with van der Waals surface area (Å²) in [4.78, 5) is 14.5. The van der Waals surface area contributed by atoms with Crippen molar-refractivity contribution in [2.45, 2.75) is 4.90 Å². The van der Waals surface area contributed by atoms with Gasteiger partial charge in [0, 0.05) is 42.1 Å². The van der Waals surface area contributed by atoms with E-state index in [1.807, 2.05) is 40.2 Å². The molecule has 4 N–H and O–H groups in total. The number of nitrogen functional groups attached to an aromatic ring is 1. The van der Waals surface area contributed by atoms with Gasteiger partial charge in [-0.3, -0.25) is 4.40 Å². The van der Waals surface area contributed by atoms with Gasteiger partial charge in [-0.15, -0.1) is 11.3 Å². The van der Waals surface area contributed by atoms with Gasteiger partial charge in [0.25, 0.3) is 0 Å². The summed E-state index contributed by atoms with van der Waals surface area (Å²) in [5.41, 5.74) is 9.70. The first-order chi connectivity index (χ1) is 16.9. The number of nitrogens with zero attached hydrogens (tertiary/aromatic N) is 4. The zero-order valence-corrected chi connectivity index (χ0v) is 19.9. The fraction of sp³-hybridized carbons (Fsp3) is 0.0870. The van der Waals surface area contributed by atoms with Gasteiger partial charge in [0.15, 0.2) is 4.96 Å². The summed E-state index contributed by atoms with van der Waals surface area (Å²) >= 11 is 1.51. The third-order valence-corrected chi connectivity index (χ3v) is 7.38. The molecule has 178 valence electrons. The number of nitrogens with one attached hydrogen (secondary N) is 2. The van der Waals surface area contributed by atoms with E-state index in [2.05, 4.69) is 20.0 Å². The fourth-order valence-corrected chi connectivity index (χ4v) is 5.30. The number of aromatic nitrogens is 4. The molecular formula is C23H20FN7O2S2. The maximum Gasteiger partial charge on any atom is 0.240 e. The molecule has 0 spiro atoms. The first-order valence-electron chi connectivity index (χ1n) is 10.5. The number of halogens is 1. The summed E-state index contributed by atoms with van der Waals surface area (Å²) in [7, 11) is -3.75. The van der Waals surface area contributed by atoms with E-state index in [0.29, 0.717) is 17.3 Å². The van der Waals surface area contributed by atoms with Crippen molar-refractivity contribution < 1.29 is 12.8 Å². The smallest absolute Gasteiger partial charge is 0.240 e. The first kappa shape index (κ1) is 22.9. The number of nitrogens with two attached hydrogens (primary N) is 1. The van der Waals surface area contributed by atoms with Crippen molar-refractivity contribution in [1.82, 2.24) is 24.1 Å². The number of fused-ring (bicyclic) bond motifs is 1. The molecule has 0 bridgehead atoms. The third kappa shape index (κ3) is 4.85. The Morgan fingerprint density at radius 3 is 2.69 bits per heavy atom. The van der Waals surface area contributed by atoms with Gasteiger partial charge in [-0.05, 0) is 42.5 Å². The Bertz CT molecular complexity index is 1600. The van der Waals surface area contributed by atoms with E-state index in [0.717, 1.165) is 34.0 Å². The standard InChI is InChI=1S/C23H20FN7O2S2/c24-16-4-6-18(7-5-16)35(32,33)28-11-10-27-22-26-9-8-19(29-22)21-20(15-2-1-3-17(25)14-15)30-23-31(21)12-13-34-23/h1-9,12-14,28H,10-11,25H2,(H,26,27,29).